The molecule has 1 amide bonds. The van der Waals surface area contributed by atoms with E-state index in [0.29, 0.717) is 59.3 Å². The van der Waals surface area contributed by atoms with Gasteiger partial charge < -0.3 is 24.4 Å². The molecule has 1 aliphatic carbocycles. The van der Waals surface area contributed by atoms with Gasteiger partial charge in [-0.05, 0) is 60.7 Å². The van der Waals surface area contributed by atoms with Crippen molar-refractivity contribution in [1.29, 1.82) is 0 Å². The molecular weight excluding hydrogens is 574 g/mol. The molecule has 1 N–H and O–H groups in total. The number of hydrogen-bond acceptors (Lipinski definition) is 9. The summed E-state index contributed by atoms with van der Waals surface area (Å²) in [6, 6.07) is 11.2. The number of amides is 1. The van der Waals surface area contributed by atoms with E-state index in [1.165, 1.54) is 12.0 Å². The number of aromatic nitrogens is 2. The Bertz CT molecular complexity index is 1560. The van der Waals surface area contributed by atoms with Gasteiger partial charge in [0.25, 0.3) is 5.91 Å². The molecule has 0 bridgehead atoms. The topological polar surface area (TPSA) is 89.1 Å². The largest absolute Gasteiger partial charge is 0.495 e. The molecule has 0 radical (unpaired) electrons. The van der Waals surface area contributed by atoms with Crippen LogP contribution in [-0.4, -0.2) is 71.0 Å². The summed E-state index contributed by atoms with van der Waals surface area (Å²) in [7, 11) is 1.62. The maximum Gasteiger partial charge on any atom is 0.254 e. The number of carbonyl (C=O) groups is 1. The third kappa shape index (κ3) is 5.39. The lowest BCUT2D eigenvalue weighted by Crippen LogP contribution is -2.48. The number of carbonyl (C=O) groups excluding carboxylic acids is 1. The minimum atomic E-state index is 0.0131. The molecule has 1 aromatic heterocycles. The molecule has 11 heteroatoms. The highest BCUT2D eigenvalue weighted by Crippen LogP contribution is 2.50. The average molecular weight is 606 g/mol. The summed E-state index contributed by atoms with van der Waals surface area (Å²) in [5, 5.41) is 4.62. The molecule has 0 saturated carbocycles. The Hall–Kier alpha value is -3.47. The highest BCUT2D eigenvalue weighted by molar-refractivity contribution is 8.01. The first-order valence-electron chi connectivity index (χ1n) is 14.3. The van der Waals surface area contributed by atoms with Crippen molar-refractivity contribution in [3.05, 3.63) is 70.1 Å². The first kappa shape index (κ1) is 27.4. The van der Waals surface area contributed by atoms with Crippen LogP contribution >= 0.6 is 23.4 Å². The third-order valence-electron chi connectivity index (χ3n) is 8.15. The number of nitrogens with zero attached hydrogens (tertiary/aromatic N) is 4. The van der Waals surface area contributed by atoms with Crippen molar-refractivity contribution in [2.75, 3.05) is 45.4 Å². The summed E-state index contributed by atoms with van der Waals surface area (Å²) >= 11 is 8.26. The fraction of sp³-hybridized carbons (Fsp3) is 0.387. The Morgan fingerprint density at radius 3 is 2.81 bits per heavy atom. The van der Waals surface area contributed by atoms with E-state index in [0.717, 1.165) is 53.7 Å². The van der Waals surface area contributed by atoms with Gasteiger partial charge in [-0.25, -0.2) is 9.97 Å². The lowest BCUT2D eigenvalue weighted by Gasteiger charge is -2.34. The summed E-state index contributed by atoms with van der Waals surface area (Å²) < 4.78 is 16.1. The zero-order chi connectivity index (χ0) is 28.6. The van der Waals surface area contributed by atoms with Crippen LogP contribution in [0.25, 0.3) is 5.57 Å². The van der Waals surface area contributed by atoms with E-state index < -0.39 is 0 Å². The molecule has 1 unspecified atom stereocenters. The van der Waals surface area contributed by atoms with Crippen LogP contribution < -0.4 is 19.5 Å². The molecule has 4 heterocycles. The predicted molar refractivity (Wildman–Crippen MR) is 163 cm³/mol. The lowest BCUT2D eigenvalue weighted by atomic mass is 9.96. The van der Waals surface area contributed by atoms with Crippen LogP contribution in [0.4, 0.5) is 5.82 Å². The molecule has 0 spiro atoms. The molecule has 1 atom stereocenters. The van der Waals surface area contributed by atoms with Gasteiger partial charge in [0.2, 0.25) is 6.79 Å². The molecular formula is C31H32ClN5O4S. The lowest BCUT2D eigenvalue weighted by molar-refractivity contribution is 0.0625. The van der Waals surface area contributed by atoms with Crippen molar-refractivity contribution >= 4 is 40.7 Å². The predicted octanol–water partition coefficient (Wildman–Crippen LogP) is 5.48. The first-order chi connectivity index (χ1) is 20.6. The van der Waals surface area contributed by atoms with Crippen molar-refractivity contribution in [1.82, 2.24) is 19.8 Å². The van der Waals surface area contributed by atoms with E-state index >= 15 is 0 Å². The molecule has 2 aromatic carbocycles. The van der Waals surface area contributed by atoms with Crippen LogP contribution in [0.5, 0.6) is 17.2 Å². The molecule has 1 saturated heterocycles. The minimum absolute atomic E-state index is 0.0131. The summed E-state index contributed by atoms with van der Waals surface area (Å²) in [5.41, 5.74) is 4.09. The van der Waals surface area contributed by atoms with Crippen molar-refractivity contribution < 1.29 is 19.0 Å². The molecule has 218 valence electrons. The van der Waals surface area contributed by atoms with Crippen LogP contribution in [0, 0.1) is 0 Å². The number of hydrogen-bond donors (Lipinski definition) is 1. The number of halogens is 1. The Morgan fingerprint density at radius 2 is 1.98 bits per heavy atom. The Labute approximate surface area is 254 Å². The second-order valence-electron chi connectivity index (χ2n) is 10.8. The fourth-order valence-corrected chi connectivity index (χ4v) is 7.57. The van der Waals surface area contributed by atoms with Gasteiger partial charge in [-0.3, -0.25) is 9.69 Å². The van der Waals surface area contributed by atoms with Crippen molar-refractivity contribution in [3.8, 4) is 17.2 Å². The number of methoxy groups -OCH3 is 1. The standard InChI is InChI=1S/C31H32ClN5O4S/c1-39-23-8-6-19(14-22(23)32)16-33-30-29-28(21-4-2-3-5-26(21)42-29)34-27(35-30)17-36-10-12-37(13-11-36)31(38)20-7-9-24-25(15-20)41-18-40-24/h4,6-9,14-15,26H,2-3,5,10-13,16-18H2,1H3,(H,33,34,35). The Kier molecular flexibility index (Phi) is 7.60. The van der Waals surface area contributed by atoms with E-state index in [2.05, 4.69) is 16.3 Å². The monoisotopic (exact) mass is 605 g/mol. The number of anilines is 1. The number of benzene rings is 2. The van der Waals surface area contributed by atoms with Gasteiger partial charge in [0, 0.05) is 43.5 Å². The third-order valence-corrected chi connectivity index (χ3v) is 9.84. The van der Waals surface area contributed by atoms with Gasteiger partial charge in [-0.15, -0.1) is 11.8 Å². The number of thioether (sulfide) groups is 1. The van der Waals surface area contributed by atoms with Gasteiger partial charge in [0.1, 0.15) is 17.4 Å². The van der Waals surface area contributed by atoms with Gasteiger partial charge >= 0.3 is 0 Å². The summed E-state index contributed by atoms with van der Waals surface area (Å²) in [5.74, 6) is 3.66. The average Bonchev–Trinajstić information content (AvgIpc) is 3.64. The van der Waals surface area contributed by atoms with E-state index in [4.69, 9.17) is 35.8 Å². The number of piperazine rings is 1. The van der Waals surface area contributed by atoms with E-state index in [1.54, 1.807) is 25.3 Å². The normalized spacial score (nSPS) is 19.2. The van der Waals surface area contributed by atoms with Crippen LogP contribution in [0.2, 0.25) is 5.02 Å². The molecule has 9 nitrogen and oxygen atoms in total. The van der Waals surface area contributed by atoms with E-state index in [1.807, 2.05) is 34.9 Å². The van der Waals surface area contributed by atoms with Gasteiger partial charge in [-0.2, -0.15) is 0 Å². The summed E-state index contributed by atoms with van der Waals surface area (Å²) in [6.07, 6.45) is 5.82. The highest BCUT2D eigenvalue weighted by Gasteiger charge is 2.34. The maximum atomic E-state index is 13.2. The highest BCUT2D eigenvalue weighted by atomic mass is 35.5. The van der Waals surface area contributed by atoms with Crippen LogP contribution in [0.3, 0.4) is 0 Å². The van der Waals surface area contributed by atoms with Gasteiger partial charge in [0.05, 0.1) is 29.3 Å². The molecule has 3 aliphatic heterocycles. The number of allylic oxidation sites excluding steroid dienone is 1. The summed E-state index contributed by atoms with van der Waals surface area (Å²) in [4.78, 5) is 28.7. The zero-order valence-electron chi connectivity index (χ0n) is 23.4. The van der Waals surface area contributed by atoms with E-state index in [-0.39, 0.29) is 12.7 Å². The number of nitrogens with one attached hydrogen (secondary N) is 1. The van der Waals surface area contributed by atoms with Crippen molar-refractivity contribution in [2.45, 2.75) is 42.5 Å². The van der Waals surface area contributed by atoms with Crippen molar-refractivity contribution in [2.24, 2.45) is 0 Å². The molecule has 1 fully saturated rings. The van der Waals surface area contributed by atoms with Gasteiger partial charge in [-0.1, -0.05) is 23.7 Å². The zero-order valence-corrected chi connectivity index (χ0v) is 25.0. The second kappa shape index (κ2) is 11.7. The number of rotatable bonds is 7. The second-order valence-corrected chi connectivity index (χ2v) is 12.4. The van der Waals surface area contributed by atoms with Crippen LogP contribution in [0.15, 0.2) is 47.4 Å². The number of fused-ring (bicyclic) bond motifs is 4. The minimum Gasteiger partial charge on any atom is -0.495 e. The molecule has 3 aromatic rings. The SMILES string of the molecule is COc1ccc(CNc2nc(CN3CCN(C(=O)c4ccc5c(c4)OCO5)CC3)nc3c2SC2CCCC=C32)cc1Cl. The number of ether oxygens (including phenoxy) is 3. The Balaban J connectivity index is 1.06. The van der Waals surface area contributed by atoms with Crippen LogP contribution in [0.1, 0.15) is 46.7 Å². The summed E-state index contributed by atoms with van der Waals surface area (Å²) in [6.45, 7) is 4.21. The maximum absolute atomic E-state index is 13.2. The van der Waals surface area contributed by atoms with Crippen molar-refractivity contribution in [3.63, 3.8) is 0 Å². The Morgan fingerprint density at radius 1 is 1.12 bits per heavy atom. The molecule has 4 aliphatic rings. The van der Waals surface area contributed by atoms with Crippen LogP contribution in [-0.2, 0) is 13.1 Å². The van der Waals surface area contributed by atoms with Gasteiger partial charge in [0.15, 0.2) is 11.5 Å². The van der Waals surface area contributed by atoms with E-state index in [9.17, 15) is 4.79 Å². The molecule has 42 heavy (non-hydrogen) atoms. The quantitative estimate of drug-likeness (QED) is 0.376. The smallest absolute Gasteiger partial charge is 0.254 e. The molecule has 7 rings (SSSR count). The first-order valence-corrected chi connectivity index (χ1v) is 15.6. The fourth-order valence-electron chi connectivity index (χ4n) is 5.88.